The number of unbranched alkanes of at least 4 members (excludes halogenated alkanes) is 30. The van der Waals surface area contributed by atoms with E-state index in [9.17, 15) is 28.8 Å². The van der Waals surface area contributed by atoms with Gasteiger partial charge in [-0.1, -0.05) is 252 Å². The fourth-order valence-corrected chi connectivity index (χ4v) is 14.6. The van der Waals surface area contributed by atoms with Gasteiger partial charge in [0.25, 0.3) is 51.1 Å². The summed E-state index contributed by atoms with van der Waals surface area (Å²) < 4.78 is 105. The van der Waals surface area contributed by atoms with E-state index < -0.39 is 151 Å². The molecule has 6 N–H and O–H groups in total. The van der Waals surface area contributed by atoms with Crippen LogP contribution in [0.15, 0.2) is 120 Å². The first-order valence-electron chi connectivity index (χ1n) is 43.2. The molecular formula is C93H123F6N9O9. The lowest BCUT2D eigenvalue weighted by Gasteiger charge is -2.23. The standard InChI is InChI=1S/C93H123F6N9O9/c1-7-13-19-25-31-37-52-106(53-38-32-26-20-14-8-2)91(115)64-58-73-82(97)74(59-64)101-86(110)68-47-44-49-70(80(68)95)88(112)103-76-61-66(93(117)108(56-41-35-29-23-17-11-5)57-42-36-30-24-18-12-6)63-78(84(76)99)105-90(114)72-51-45-50-71(81(72)96)89(113)104-77-62-65(92(116)107(54-39-33-27-21-15-9-3)55-40-34-28-22-16-10-4)60-75(83(77)98)102-87(111)69-48-43-46-67(79(69)94)85(109)100-73/h43-51,58-63H,7-42,52-57H2,1-6H3,(H,100,109)(H,101,110)(H,102,111)(H,103,112)(H,104,113)(H,105,114). The van der Waals surface area contributed by atoms with Gasteiger partial charge in [-0.3, -0.25) is 43.2 Å². The average Bonchev–Trinajstić information content (AvgIpc) is 0.791. The van der Waals surface area contributed by atoms with E-state index in [0.717, 1.165) is 284 Å². The van der Waals surface area contributed by atoms with Crippen molar-refractivity contribution in [1.82, 2.24) is 44.6 Å². The number of carbonyl (C=O) groups is 3. The molecular weight excluding hydrogens is 1500 g/mol. The van der Waals surface area contributed by atoms with Gasteiger partial charge in [-0.2, -0.15) is 0 Å². The Bertz CT molecular complexity index is 4430. The first kappa shape index (κ1) is 94.3. The van der Waals surface area contributed by atoms with Gasteiger partial charge in [0.15, 0.2) is 17.5 Å². The molecule has 0 spiro atoms. The van der Waals surface area contributed by atoms with Crippen LogP contribution in [0.2, 0.25) is 0 Å². The van der Waals surface area contributed by atoms with Crippen LogP contribution in [0.4, 0.5) is 26.3 Å². The highest BCUT2D eigenvalue weighted by Crippen LogP contribution is 2.24. The van der Waals surface area contributed by atoms with Gasteiger partial charge in [0, 0.05) is 56.0 Å². The van der Waals surface area contributed by atoms with Crippen LogP contribution in [0.3, 0.4) is 0 Å². The number of hydrogen-bond acceptors (Lipinski definition) is 9. The van der Waals surface area contributed by atoms with E-state index in [1.807, 2.05) is 0 Å². The molecule has 0 radical (unpaired) electrons. The Morgan fingerprint density at radius 1 is 0.231 bits per heavy atom. The number of H-pyrrole nitrogens is 6. The number of fused-ring (bicyclic) bond motifs is 12. The van der Waals surface area contributed by atoms with Gasteiger partial charge in [-0.25, -0.2) is 26.3 Å². The highest BCUT2D eigenvalue weighted by molar-refractivity contribution is 5.99. The van der Waals surface area contributed by atoms with Crippen molar-refractivity contribution in [1.29, 1.82) is 0 Å². The Kier molecular flexibility index (Phi) is 40.8. The van der Waals surface area contributed by atoms with Crippen LogP contribution in [-0.2, 0) is 0 Å². The van der Waals surface area contributed by atoms with Crippen LogP contribution in [0.25, 0.3) is 65.4 Å². The quantitative estimate of drug-likeness (QED) is 0.0156. The van der Waals surface area contributed by atoms with Crippen molar-refractivity contribution in [3.63, 3.8) is 0 Å². The third-order valence-electron chi connectivity index (χ3n) is 21.5. The Morgan fingerprint density at radius 3 is 0.530 bits per heavy atom. The van der Waals surface area contributed by atoms with Crippen LogP contribution in [-0.4, -0.2) is 102 Å². The number of halogens is 6. The van der Waals surface area contributed by atoms with Gasteiger partial charge >= 0.3 is 0 Å². The largest absolute Gasteiger partial charge is 0.339 e. The third kappa shape index (κ3) is 28.7. The maximum absolute atomic E-state index is 17.6. The fraction of sp³-hybridized carbons (Fsp3) is 0.516. The summed E-state index contributed by atoms with van der Waals surface area (Å²) in [5, 5.41) is -5.29. The minimum absolute atomic E-state index is 0.268. The molecule has 18 nitrogen and oxygen atoms in total. The number of aromatic nitrogens is 6. The van der Waals surface area contributed by atoms with E-state index in [-0.39, 0.29) is 56.0 Å². The van der Waals surface area contributed by atoms with Crippen molar-refractivity contribution in [2.24, 2.45) is 0 Å². The zero-order chi connectivity index (χ0) is 84.6. The fourth-order valence-electron chi connectivity index (χ4n) is 14.6. The molecule has 0 saturated heterocycles. The smallest absolute Gasteiger partial charge is 0.258 e. The van der Waals surface area contributed by atoms with E-state index in [1.54, 1.807) is 14.7 Å². The molecule has 0 unspecified atom stereocenters. The molecule has 636 valence electrons. The molecule has 0 aliphatic rings. The van der Waals surface area contributed by atoms with Gasteiger partial charge in [-0.05, 0) is 111 Å². The summed E-state index contributed by atoms with van der Waals surface area (Å²) in [6.07, 6.45) is 31.8. The van der Waals surface area contributed by atoms with E-state index in [1.165, 1.54) is 0 Å². The van der Waals surface area contributed by atoms with Crippen LogP contribution in [0, 0.1) is 34.9 Å². The lowest BCUT2D eigenvalue weighted by Crippen LogP contribution is -2.33. The Morgan fingerprint density at radius 2 is 0.376 bits per heavy atom. The molecule has 24 heteroatoms. The molecule has 117 heavy (non-hydrogen) atoms. The molecule has 12 bridgehead atoms. The topological polar surface area (TPSA) is 258 Å². The predicted octanol–water partition coefficient (Wildman–Crippen LogP) is 22.1. The van der Waals surface area contributed by atoms with Gasteiger partial charge in [0.2, 0.25) is 0 Å². The second-order valence-corrected chi connectivity index (χ2v) is 30.9. The van der Waals surface area contributed by atoms with Crippen LogP contribution < -0.4 is 33.4 Å². The second kappa shape index (κ2) is 50.7. The van der Waals surface area contributed by atoms with E-state index in [2.05, 4.69) is 71.4 Å². The molecule has 0 aliphatic heterocycles. The highest BCUT2D eigenvalue weighted by Gasteiger charge is 2.23. The number of hydrogen-bond donors (Lipinski definition) is 6. The average molecular weight is 1630 g/mol. The van der Waals surface area contributed by atoms with E-state index >= 15 is 40.7 Å². The van der Waals surface area contributed by atoms with Crippen molar-refractivity contribution in [3.8, 4) is 0 Å². The molecule has 7 aromatic rings. The van der Waals surface area contributed by atoms with E-state index in [4.69, 9.17) is 0 Å². The van der Waals surface area contributed by atoms with Crippen LogP contribution in [0.1, 0.15) is 304 Å². The maximum Gasteiger partial charge on any atom is 0.258 e. The normalized spacial score (nSPS) is 11.3. The monoisotopic (exact) mass is 1620 g/mol. The third-order valence-corrected chi connectivity index (χ3v) is 21.5. The Labute approximate surface area is 681 Å². The highest BCUT2D eigenvalue weighted by atomic mass is 19.1. The summed E-state index contributed by atoms with van der Waals surface area (Å²) in [7, 11) is 0. The van der Waals surface area contributed by atoms with Crippen LogP contribution >= 0.6 is 0 Å². The number of benzene rings is 6. The van der Waals surface area contributed by atoms with Gasteiger partial charge in [-0.15, -0.1) is 0 Å². The lowest BCUT2D eigenvalue weighted by molar-refractivity contribution is 0.0742. The number of nitrogens with zero attached hydrogens (tertiary/aromatic N) is 3. The van der Waals surface area contributed by atoms with Crippen molar-refractivity contribution < 1.29 is 40.7 Å². The molecule has 3 amide bonds. The number of aromatic amines is 6. The lowest BCUT2D eigenvalue weighted by atomic mass is 10.1. The summed E-state index contributed by atoms with van der Waals surface area (Å²) in [5.74, 6) is -10.8. The Hall–Kier alpha value is -9.87. The number of nitrogens with one attached hydrogen (secondary N) is 6. The Balaban J connectivity index is 1.63. The van der Waals surface area contributed by atoms with Gasteiger partial charge < -0.3 is 44.6 Å². The summed E-state index contributed by atoms with van der Waals surface area (Å²) >= 11 is 0. The summed E-state index contributed by atoms with van der Waals surface area (Å²) in [4.78, 5) is 151. The molecule has 0 saturated carbocycles. The van der Waals surface area contributed by atoms with Crippen molar-refractivity contribution in [2.45, 2.75) is 273 Å². The zero-order valence-corrected chi connectivity index (χ0v) is 69.6. The first-order chi connectivity index (χ1) is 56.6. The minimum atomic E-state index is -1.52. The molecule has 1 aromatic heterocycles. The second-order valence-electron chi connectivity index (χ2n) is 30.9. The molecule has 0 fully saturated rings. The summed E-state index contributed by atoms with van der Waals surface area (Å²) in [5.41, 5.74) is -13.9. The number of carbonyl (C=O) groups excluding carboxylic acids is 3. The zero-order valence-electron chi connectivity index (χ0n) is 69.6. The summed E-state index contributed by atoms with van der Waals surface area (Å²) in [6, 6.07) is 15.0. The molecule has 0 aliphatic carbocycles. The molecule has 7 rings (SSSR count). The minimum Gasteiger partial charge on any atom is -0.339 e. The number of rotatable bonds is 45. The molecule has 0 atom stereocenters. The van der Waals surface area contributed by atoms with E-state index in [0.29, 0.717) is 38.5 Å². The van der Waals surface area contributed by atoms with Crippen molar-refractivity contribution >= 4 is 83.1 Å². The SMILES string of the molecule is CCCCCCCCN(CCCCCCCC)C(=O)c1cc2[nH]c(=O)c3cccc(c3F)c(=O)[nH]c3cc(C(=O)N(CCCCCCCC)CCCCCCCC)cc([nH]c(=O)c4cccc(c4F)c(=O)[nH]c4cc(C(=O)N(CCCCCCCC)CCCCCCCC)cc([nH]c(=O)c5cccc(c5F)c(=O)[nH]c(c1)c2F)c4F)c3F. The predicted molar refractivity (Wildman–Crippen MR) is 462 cm³/mol. The van der Waals surface area contributed by atoms with Crippen LogP contribution in [0.5, 0.6) is 0 Å². The molecule has 1 heterocycles. The van der Waals surface area contributed by atoms with Crippen molar-refractivity contribution in [3.05, 3.63) is 205 Å². The van der Waals surface area contributed by atoms with Gasteiger partial charge in [0.05, 0.1) is 65.4 Å². The molecule has 6 aromatic carbocycles. The first-order valence-corrected chi connectivity index (χ1v) is 43.2. The van der Waals surface area contributed by atoms with Gasteiger partial charge in [0.1, 0.15) is 17.5 Å². The summed E-state index contributed by atoms with van der Waals surface area (Å²) in [6.45, 7) is 14.2. The number of amides is 3. The maximum atomic E-state index is 17.6. The van der Waals surface area contributed by atoms with Crippen molar-refractivity contribution in [2.75, 3.05) is 39.3 Å².